The highest BCUT2D eigenvalue weighted by atomic mass is 79.9. The molecule has 96 valence electrons. The molecule has 1 unspecified atom stereocenters. The number of ether oxygens (including phenoxy) is 2. The number of pyridine rings is 1. The molecule has 17 heavy (non-hydrogen) atoms. The lowest BCUT2D eigenvalue weighted by Gasteiger charge is -2.22. The van der Waals surface area contributed by atoms with E-state index in [1.54, 1.807) is 6.20 Å². The Kier molecular flexibility index (Phi) is 6.65. The summed E-state index contributed by atoms with van der Waals surface area (Å²) in [4.78, 5) is 4.20. The molecule has 4 nitrogen and oxygen atoms in total. The molecule has 1 heterocycles. The quantitative estimate of drug-likeness (QED) is 0.784. The van der Waals surface area contributed by atoms with Gasteiger partial charge in [0.05, 0.1) is 0 Å². The van der Waals surface area contributed by atoms with Gasteiger partial charge in [0.2, 0.25) is 0 Å². The van der Waals surface area contributed by atoms with Crippen molar-refractivity contribution in [3.8, 4) is 0 Å². The molecular formula is C12H18BrNO3. The van der Waals surface area contributed by atoms with E-state index in [1.165, 1.54) is 0 Å². The molecule has 0 saturated heterocycles. The van der Waals surface area contributed by atoms with E-state index in [4.69, 9.17) is 9.47 Å². The topological polar surface area (TPSA) is 51.6 Å². The maximum absolute atomic E-state index is 9.99. The summed E-state index contributed by atoms with van der Waals surface area (Å²) in [7, 11) is 0. The van der Waals surface area contributed by atoms with Crippen LogP contribution in [0.2, 0.25) is 0 Å². The first kappa shape index (κ1) is 14.6. The smallest absolute Gasteiger partial charge is 0.183 e. The zero-order chi connectivity index (χ0) is 12.7. The van der Waals surface area contributed by atoms with Crippen LogP contribution in [0.5, 0.6) is 0 Å². The minimum atomic E-state index is -0.705. The Morgan fingerprint density at radius 3 is 2.41 bits per heavy atom. The van der Waals surface area contributed by atoms with Crippen molar-refractivity contribution >= 4 is 15.9 Å². The van der Waals surface area contributed by atoms with Crippen molar-refractivity contribution in [2.45, 2.75) is 32.7 Å². The minimum Gasteiger partial charge on any atom is -0.387 e. The lowest BCUT2D eigenvalue weighted by atomic mass is 10.2. The SMILES string of the molecule is CCOC(OCC)C(O)Cc1ccc(Br)cn1. The van der Waals surface area contributed by atoms with Crippen molar-refractivity contribution < 1.29 is 14.6 Å². The van der Waals surface area contributed by atoms with Crippen molar-refractivity contribution in [2.24, 2.45) is 0 Å². The summed E-state index contributed by atoms with van der Waals surface area (Å²) in [5.41, 5.74) is 0.810. The van der Waals surface area contributed by atoms with E-state index in [0.29, 0.717) is 19.6 Å². The molecule has 1 N–H and O–H groups in total. The molecule has 5 heteroatoms. The molecule has 0 aromatic carbocycles. The number of rotatable bonds is 7. The highest BCUT2D eigenvalue weighted by molar-refractivity contribution is 9.10. The number of aliphatic hydroxyl groups is 1. The van der Waals surface area contributed by atoms with Crippen LogP contribution in [0.4, 0.5) is 0 Å². The monoisotopic (exact) mass is 303 g/mol. The first-order chi connectivity index (χ1) is 8.17. The Morgan fingerprint density at radius 1 is 1.29 bits per heavy atom. The predicted molar refractivity (Wildman–Crippen MR) is 68.7 cm³/mol. The molecule has 1 aromatic heterocycles. The van der Waals surface area contributed by atoms with Crippen LogP contribution < -0.4 is 0 Å². The molecule has 0 aliphatic carbocycles. The second-order valence-electron chi connectivity index (χ2n) is 3.52. The van der Waals surface area contributed by atoms with Crippen molar-refractivity contribution in [3.05, 3.63) is 28.5 Å². The van der Waals surface area contributed by atoms with Gasteiger partial charge in [0.1, 0.15) is 6.10 Å². The van der Waals surface area contributed by atoms with Gasteiger partial charge in [-0.05, 0) is 41.9 Å². The van der Waals surface area contributed by atoms with E-state index in [-0.39, 0.29) is 0 Å². The summed E-state index contributed by atoms with van der Waals surface area (Å²) in [6.07, 6.45) is 0.829. The first-order valence-corrected chi connectivity index (χ1v) is 6.48. The van der Waals surface area contributed by atoms with Crippen LogP contribution in [0.25, 0.3) is 0 Å². The third-order valence-corrected chi connectivity index (χ3v) is 2.65. The Hall–Kier alpha value is -0.490. The largest absolute Gasteiger partial charge is 0.387 e. The normalized spacial score (nSPS) is 13.0. The number of halogens is 1. The summed E-state index contributed by atoms with van der Waals surface area (Å²) in [5.74, 6) is 0. The highest BCUT2D eigenvalue weighted by Gasteiger charge is 2.20. The Bertz CT molecular complexity index is 312. The number of hydrogen-bond acceptors (Lipinski definition) is 4. The standard InChI is InChI=1S/C12H18BrNO3/c1-3-16-12(17-4-2)11(15)7-10-6-5-9(13)8-14-10/h5-6,8,11-12,15H,3-4,7H2,1-2H3. The summed E-state index contributed by atoms with van der Waals surface area (Å²) >= 11 is 3.32. The Morgan fingerprint density at radius 2 is 1.94 bits per heavy atom. The van der Waals surface area contributed by atoms with Crippen LogP contribution in [0.3, 0.4) is 0 Å². The molecule has 0 bridgehead atoms. The maximum Gasteiger partial charge on any atom is 0.183 e. The third kappa shape index (κ3) is 5.12. The lowest BCUT2D eigenvalue weighted by molar-refractivity contribution is -0.189. The number of aliphatic hydroxyl groups excluding tert-OH is 1. The van der Waals surface area contributed by atoms with Crippen LogP contribution in [-0.4, -0.2) is 35.7 Å². The average Bonchev–Trinajstić information content (AvgIpc) is 2.32. The van der Waals surface area contributed by atoms with Crippen LogP contribution >= 0.6 is 15.9 Å². The third-order valence-electron chi connectivity index (χ3n) is 2.18. The number of aromatic nitrogens is 1. The van der Waals surface area contributed by atoms with Gasteiger partial charge in [-0.25, -0.2) is 0 Å². The fourth-order valence-corrected chi connectivity index (χ4v) is 1.67. The van der Waals surface area contributed by atoms with E-state index in [2.05, 4.69) is 20.9 Å². The average molecular weight is 304 g/mol. The van der Waals surface area contributed by atoms with Gasteiger partial charge in [-0.3, -0.25) is 4.98 Å². The van der Waals surface area contributed by atoms with E-state index < -0.39 is 12.4 Å². The van der Waals surface area contributed by atoms with Gasteiger partial charge in [-0.1, -0.05) is 0 Å². The summed E-state index contributed by atoms with van der Waals surface area (Å²) in [5, 5.41) is 9.99. The van der Waals surface area contributed by atoms with Gasteiger partial charge in [0.15, 0.2) is 6.29 Å². The predicted octanol–water partition coefficient (Wildman–Crippen LogP) is 2.15. The molecule has 0 fully saturated rings. The first-order valence-electron chi connectivity index (χ1n) is 5.69. The van der Waals surface area contributed by atoms with Crippen LogP contribution in [0, 0.1) is 0 Å². The molecule has 1 rings (SSSR count). The van der Waals surface area contributed by atoms with E-state index in [0.717, 1.165) is 10.2 Å². The molecular weight excluding hydrogens is 286 g/mol. The molecule has 0 saturated carbocycles. The fraction of sp³-hybridized carbons (Fsp3) is 0.583. The molecule has 1 aromatic rings. The number of nitrogens with zero attached hydrogens (tertiary/aromatic N) is 1. The second-order valence-corrected chi connectivity index (χ2v) is 4.43. The summed E-state index contributed by atoms with van der Waals surface area (Å²) in [6.45, 7) is 4.76. The van der Waals surface area contributed by atoms with Crippen LogP contribution in [0.1, 0.15) is 19.5 Å². The molecule has 1 atom stereocenters. The van der Waals surface area contributed by atoms with Crippen molar-refractivity contribution in [3.63, 3.8) is 0 Å². The van der Waals surface area contributed by atoms with Crippen molar-refractivity contribution in [2.75, 3.05) is 13.2 Å². The zero-order valence-electron chi connectivity index (χ0n) is 10.1. The second kappa shape index (κ2) is 7.76. The fourth-order valence-electron chi connectivity index (χ4n) is 1.44. The Balaban J connectivity index is 2.55. The van der Waals surface area contributed by atoms with Gasteiger partial charge in [-0.2, -0.15) is 0 Å². The minimum absolute atomic E-state index is 0.415. The number of hydrogen-bond donors (Lipinski definition) is 1. The van der Waals surface area contributed by atoms with E-state index in [9.17, 15) is 5.11 Å². The molecule has 0 radical (unpaired) electrons. The van der Waals surface area contributed by atoms with E-state index in [1.807, 2.05) is 26.0 Å². The molecule has 0 amide bonds. The van der Waals surface area contributed by atoms with Crippen LogP contribution in [0.15, 0.2) is 22.8 Å². The van der Waals surface area contributed by atoms with Crippen LogP contribution in [-0.2, 0) is 15.9 Å². The van der Waals surface area contributed by atoms with Gasteiger partial charge in [0, 0.05) is 36.0 Å². The lowest BCUT2D eigenvalue weighted by Crippen LogP contribution is -2.33. The highest BCUT2D eigenvalue weighted by Crippen LogP contribution is 2.11. The van der Waals surface area contributed by atoms with Gasteiger partial charge in [-0.15, -0.1) is 0 Å². The van der Waals surface area contributed by atoms with Gasteiger partial charge >= 0.3 is 0 Å². The maximum atomic E-state index is 9.99. The van der Waals surface area contributed by atoms with Crippen molar-refractivity contribution in [1.29, 1.82) is 0 Å². The summed E-state index contributed by atoms with van der Waals surface area (Å²) in [6, 6.07) is 3.76. The zero-order valence-corrected chi connectivity index (χ0v) is 11.7. The van der Waals surface area contributed by atoms with E-state index >= 15 is 0 Å². The molecule has 0 aliphatic rings. The summed E-state index contributed by atoms with van der Waals surface area (Å²) < 4.78 is 11.6. The molecule has 0 spiro atoms. The molecule has 0 aliphatic heterocycles. The van der Waals surface area contributed by atoms with Gasteiger partial charge < -0.3 is 14.6 Å². The van der Waals surface area contributed by atoms with Gasteiger partial charge in [0.25, 0.3) is 0 Å². The Labute approximate surface area is 110 Å². The van der Waals surface area contributed by atoms with Crippen molar-refractivity contribution in [1.82, 2.24) is 4.98 Å².